The highest BCUT2D eigenvalue weighted by molar-refractivity contribution is 7.13. The second-order valence-corrected chi connectivity index (χ2v) is 9.97. The number of anilines is 1. The molecule has 3 N–H and O–H groups in total. The number of fused-ring (bicyclic) bond motifs is 1. The average Bonchev–Trinajstić information content (AvgIpc) is 3.56. The number of carbonyl (C=O) groups excluding carboxylic acids is 2. The first-order chi connectivity index (χ1) is 19.0. The van der Waals surface area contributed by atoms with Crippen LogP contribution in [0.15, 0.2) is 70.8 Å². The Kier molecular flexibility index (Phi) is 7.81. The lowest BCUT2D eigenvalue weighted by Crippen LogP contribution is -2.36. The molecule has 2 aromatic heterocycles. The highest BCUT2D eigenvalue weighted by atomic mass is 32.1. The maximum atomic E-state index is 12.8. The molecule has 8 nitrogen and oxygen atoms in total. The zero-order chi connectivity index (χ0) is 27.4. The Morgan fingerprint density at radius 2 is 1.82 bits per heavy atom. The van der Waals surface area contributed by atoms with Crippen LogP contribution in [0.25, 0.3) is 33.5 Å². The number of rotatable bonds is 9. The summed E-state index contributed by atoms with van der Waals surface area (Å²) in [6.07, 6.45) is 1.63. The maximum Gasteiger partial charge on any atom is 0.261 e. The van der Waals surface area contributed by atoms with Crippen molar-refractivity contribution in [3.05, 3.63) is 93.2 Å². The smallest absolute Gasteiger partial charge is 0.261 e. The summed E-state index contributed by atoms with van der Waals surface area (Å²) in [6.45, 7) is 7.09. The quantitative estimate of drug-likeness (QED) is 0.267. The number of benzene rings is 2. The lowest BCUT2D eigenvalue weighted by molar-refractivity contribution is -0.110. The Labute approximate surface area is 230 Å². The Morgan fingerprint density at radius 1 is 1.03 bits per heavy atom. The van der Waals surface area contributed by atoms with Gasteiger partial charge in [-0.3, -0.25) is 14.4 Å². The number of aromatic nitrogens is 2. The van der Waals surface area contributed by atoms with E-state index in [-0.39, 0.29) is 11.5 Å². The molecular weight excluding hydrogens is 510 g/mol. The summed E-state index contributed by atoms with van der Waals surface area (Å²) < 4.78 is 0. The van der Waals surface area contributed by atoms with E-state index in [2.05, 4.69) is 34.4 Å². The molecule has 9 heteroatoms. The highest BCUT2D eigenvalue weighted by Crippen LogP contribution is 2.37. The number of H-pyrrole nitrogens is 1. The minimum absolute atomic E-state index is 0.0352. The predicted octanol–water partition coefficient (Wildman–Crippen LogP) is 4.73. The van der Waals surface area contributed by atoms with Crippen LogP contribution < -0.4 is 16.2 Å². The van der Waals surface area contributed by atoms with Crippen molar-refractivity contribution in [2.45, 2.75) is 13.8 Å². The molecule has 39 heavy (non-hydrogen) atoms. The van der Waals surface area contributed by atoms with Gasteiger partial charge in [0.25, 0.3) is 17.4 Å². The van der Waals surface area contributed by atoms with Crippen LogP contribution in [0.3, 0.4) is 0 Å². The van der Waals surface area contributed by atoms with Gasteiger partial charge in [-0.05, 0) is 43.4 Å². The van der Waals surface area contributed by atoms with Crippen LogP contribution in [0.1, 0.15) is 35.5 Å². The molecule has 0 radical (unpaired) electrons. The van der Waals surface area contributed by atoms with E-state index in [9.17, 15) is 14.4 Å². The third-order valence-corrected chi connectivity index (χ3v) is 7.60. The summed E-state index contributed by atoms with van der Waals surface area (Å²) in [5.74, 6) is -0.682. The van der Waals surface area contributed by atoms with Crippen molar-refractivity contribution >= 4 is 40.5 Å². The molecule has 1 aliphatic rings. The lowest BCUT2D eigenvalue weighted by Gasteiger charge is -2.17. The van der Waals surface area contributed by atoms with E-state index in [0.717, 1.165) is 40.5 Å². The van der Waals surface area contributed by atoms with Crippen molar-refractivity contribution < 1.29 is 9.59 Å². The van der Waals surface area contributed by atoms with Crippen LogP contribution in [0.5, 0.6) is 0 Å². The summed E-state index contributed by atoms with van der Waals surface area (Å²) in [7, 11) is 0. The summed E-state index contributed by atoms with van der Waals surface area (Å²) >= 11 is 1.57. The Balaban J connectivity index is 1.36. The van der Waals surface area contributed by atoms with E-state index >= 15 is 0 Å². The molecule has 0 spiro atoms. The summed E-state index contributed by atoms with van der Waals surface area (Å²) in [5.41, 5.74) is 4.58. The van der Waals surface area contributed by atoms with E-state index in [1.54, 1.807) is 23.5 Å². The minimum atomic E-state index is -0.506. The number of nitrogens with one attached hydrogen (secondary N) is 3. The molecule has 0 atom stereocenters. The first kappa shape index (κ1) is 26.3. The number of aromatic amines is 1. The zero-order valence-corrected chi connectivity index (χ0v) is 22.6. The fraction of sp³-hybridized carbons (Fsp3) is 0.200. The second kappa shape index (κ2) is 11.6. The zero-order valence-electron chi connectivity index (χ0n) is 21.8. The molecule has 0 fully saturated rings. The van der Waals surface area contributed by atoms with Gasteiger partial charge >= 0.3 is 0 Å². The number of amides is 2. The SMILES string of the molecule is CCN(CC)CCNC(=O)c1ccc(/C=C2\C(=O)Nc3ccc(-c4csc(-c5ccccc5)n4)cc32)[nH]c1=O. The van der Waals surface area contributed by atoms with E-state index in [0.29, 0.717) is 30.0 Å². The summed E-state index contributed by atoms with van der Waals surface area (Å²) in [5, 5.41) is 8.60. The Morgan fingerprint density at radius 3 is 2.56 bits per heavy atom. The van der Waals surface area contributed by atoms with Crippen molar-refractivity contribution in [1.82, 2.24) is 20.2 Å². The fourth-order valence-electron chi connectivity index (χ4n) is 4.48. The number of likely N-dealkylation sites (N-methyl/N-ethyl adjacent to an activating group) is 1. The van der Waals surface area contributed by atoms with Crippen LogP contribution in [0.4, 0.5) is 5.69 Å². The van der Waals surface area contributed by atoms with Gasteiger partial charge < -0.3 is 20.5 Å². The monoisotopic (exact) mass is 539 g/mol. The summed E-state index contributed by atoms with van der Waals surface area (Å²) in [6, 6.07) is 18.8. The minimum Gasteiger partial charge on any atom is -0.351 e. The van der Waals surface area contributed by atoms with Crippen molar-refractivity contribution in [2.24, 2.45) is 0 Å². The largest absolute Gasteiger partial charge is 0.351 e. The van der Waals surface area contributed by atoms with Crippen molar-refractivity contribution in [1.29, 1.82) is 0 Å². The third-order valence-electron chi connectivity index (χ3n) is 6.71. The molecule has 5 rings (SSSR count). The maximum absolute atomic E-state index is 12.8. The van der Waals surface area contributed by atoms with E-state index in [1.807, 2.05) is 53.9 Å². The highest BCUT2D eigenvalue weighted by Gasteiger charge is 2.25. The molecule has 0 aliphatic carbocycles. The molecule has 2 amide bonds. The fourth-order valence-corrected chi connectivity index (χ4v) is 5.32. The van der Waals surface area contributed by atoms with Gasteiger partial charge in [0, 0.05) is 46.5 Å². The van der Waals surface area contributed by atoms with Gasteiger partial charge in [0.15, 0.2) is 0 Å². The Bertz CT molecular complexity index is 1600. The van der Waals surface area contributed by atoms with E-state index < -0.39 is 11.5 Å². The molecule has 0 unspecified atom stereocenters. The molecule has 4 aromatic rings. The number of hydrogen-bond acceptors (Lipinski definition) is 6. The van der Waals surface area contributed by atoms with Crippen LogP contribution in [-0.4, -0.2) is 52.9 Å². The number of carbonyl (C=O) groups is 2. The first-order valence-corrected chi connectivity index (χ1v) is 13.8. The standard InChI is InChI=1S/C30H29N5O3S/c1-3-35(4-2)15-14-31-27(36)22-12-11-21(32-28(22)37)17-24-23-16-20(10-13-25(23)33-29(24)38)26-18-39-30(34-26)19-8-6-5-7-9-19/h5-13,16-18H,3-4,14-15H2,1-2H3,(H,31,36)(H,32,37)(H,33,38)/b24-17-. The van der Waals surface area contributed by atoms with Crippen LogP contribution in [0.2, 0.25) is 0 Å². The number of pyridine rings is 1. The molecule has 0 saturated carbocycles. The van der Waals surface area contributed by atoms with E-state index in [1.165, 1.54) is 6.07 Å². The number of hydrogen-bond donors (Lipinski definition) is 3. The van der Waals surface area contributed by atoms with Crippen LogP contribution in [-0.2, 0) is 4.79 Å². The van der Waals surface area contributed by atoms with Gasteiger partial charge in [-0.2, -0.15) is 0 Å². The lowest BCUT2D eigenvalue weighted by atomic mass is 10.0. The second-order valence-electron chi connectivity index (χ2n) is 9.12. The average molecular weight is 540 g/mol. The molecule has 2 aromatic carbocycles. The van der Waals surface area contributed by atoms with Gasteiger partial charge in [0.1, 0.15) is 10.6 Å². The molecule has 3 heterocycles. The normalized spacial score (nSPS) is 13.5. The molecule has 0 saturated heterocycles. The molecule has 198 valence electrons. The van der Waals surface area contributed by atoms with Gasteiger partial charge in [0.2, 0.25) is 0 Å². The van der Waals surface area contributed by atoms with Crippen molar-refractivity contribution in [3.8, 4) is 21.8 Å². The van der Waals surface area contributed by atoms with Gasteiger partial charge in [-0.1, -0.05) is 50.2 Å². The number of nitrogens with zero attached hydrogens (tertiary/aromatic N) is 2. The van der Waals surface area contributed by atoms with Gasteiger partial charge in [-0.15, -0.1) is 11.3 Å². The van der Waals surface area contributed by atoms with Crippen molar-refractivity contribution in [3.63, 3.8) is 0 Å². The predicted molar refractivity (Wildman–Crippen MR) is 157 cm³/mol. The van der Waals surface area contributed by atoms with E-state index in [4.69, 9.17) is 4.98 Å². The first-order valence-electron chi connectivity index (χ1n) is 12.9. The van der Waals surface area contributed by atoms with Gasteiger partial charge in [-0.25, -0.2) is 4.98 Å². The Hall–Kier alpha value is -4.34. The number of thiazole rings is 1. The van der Waals surface area contributed by atoms with Gasteiger partial charge in [0.05, 0.1) is 11.3 Å². The van der Waals surface area contributed by atoms with Crippen LogP contribution in [0, 0.1) is 0 Å². The molecule has 1 aliphatic heterocycles. The van der Waals surface area contributed by atoms with Crippen molar-refractivity contribution in [2.75, 3.05) is 31.5 Å². The van der Waals surface area contributed by atoms with Crippen LogP contribution >= 0.6 is 11.3 Å². The molecular formula is C30H29N5O3S. The third kappa shape index (κ3) is 5.74. The summed E-state index contributed by atoms with van der Waals surface area (Å²) in [4.78, 5) is 47.7. The topological polar surface area (TPSA) is 107 Å². The molecule has 0 bridgehead atoms.